The summed E-state index contributed by atoms with van der Waals surface area (Å²) in [5.41, 5.74) is 7.01. The lowest BCUT2D eigenvalue weighted by Crippen LogP contribution is -2.23. The van der Waals surface area contributed by atoms with Gasteiger partial charge in [-0.25, -0.2) is 9.97 Å². The van der Waals surface area contributed by atoms with E-state index in [1.165, 1.54) is 16.7 Å². The van der Waals surface area contributed by atoms with Crippen LogP contribution in [0.5, 0.6) is 0 Å². The summed E-state index contributed by atoms with van der Waals surface area (Å²) in [5, 5.41) is 3.08. The van der Waals surface area contributed by atoms with Gasteiger partial charge in [0.15, 0.2) is 5.82 Å². The number of anilines is 1. The number of carbonyl (C=O) groups excluding carboxylic acids is 1. The molecular weight excluding hydrogens is 358 g/mol. The minimum absolute atomic E-state index is 0.0269. The number of rotatable bonds is 6. The molecule has 0 spiro atoms. The van der Waals surface area contributed by atoms with Crippen LogP contribution in [-0.2, 0) is 24.1 Å². The quantitative estimate of drug-likeness (QED) is 0.732. The third-order valence-electron chi connectivity index (χ3n) is 6.02. The summed E-state index contributed by atoms with van der Waals surface area (Å²) in [4.78, 5) is 22.6. The number of aromatic nitrogens is 2. The van der Waals surface area contributed by atoms with E-state index < -0.39 is 0 Å². The largest absolute Gasteiger partial charge is 0.309 e. The Morgan fingerprint density at radius 3 is 2.72 bits per heavy atom. The Balaban J connectivity index is 1.68. The topological polar surface area (TPSA) is 54.9 Å². The Kier molecular flexibility index (Phi) is 5.89. The summed E-state index contributed by atoms with van der Waals surface area (Å²) < 4.78 is 0. The predicted molar refractivity (Wildman–Crippen MR) is 118 cm³/mol. The van der Waals surface area contributed by atoms with Crippen LogP contribution in [0.4, 0.5) is 5.82 Å². The number of aryl methyl sites for hydroxylation is 3. The minimum atomic E-state index is -0.0346. The number of carbonyl (C=O) groups is 1. The highest BCUT2D eigenvalue weighted by atomic mass is 16.1. The summed E-state index contributed by atoms with van der Waals surface area (Å²) in [5.74, 6) is 0.645. The molecule has 4 heteroatoms. The number of fused-ring (bicyclic) bond motifs is 2. The Hall–Kier alpha value is -2.75. The fourth-order valence-corrected chi connectivity index (χ4v) is 4.00. The maximum atomic E-state index is 12.6. The van der Waals surface area contributed by atoms with Gasteiger partial charge in [0.05, 0.1) is 17.1 Å². The van der Waals surface area contributed by atoms with Crippen LogP contribution in [-0.4, -0.2) is 15.9 Å². The van der Waals surface area contributed by atoms with Crippen LogP contribution in [0.3, 0.4) is 0 Å². The molecule has 2 aliphatic rings. The van der Waals surface area contributed by atoms with Crippen molar-refractivity contribution in [3.05, 3.63) is 70.7 Å². The number of nitrogens with zero attached hydrogens (tertiary/aromatic N) is 2. The standard InChI is InChI=1S/C25H29N3O/c1-3-17(2)25(29)28-24-22(15-13-18-9-5-4-6-10-18)26-23-20-12-8-7-11-19(20)14-16-21(23)27-24/h4-7,9-11,17H,3,8,12-16H2,1-2H3,(H,27,28,29). The molecule has 0 bridgehead atoms. The van der Waals surface area contributed by atoms with Crippen molar-refractivity contribution in [2.75, 3.05) is 5.32 Å². The fraction of sp³-hybridized carbons (Fsp3) is 0.400. The van der Waals surface area contributed by atoms with E-state index in [2.05, 4.69) is 41.7 Å². The molecule has 29 heavy (non-hydrogen) atoms. The lowest BCUT2D eigenvalue weighted by molar-refractivity contribution is -0.119. The van der Waals surface area contributed by atoms with Crippen molar-refractivity contribution < 1.29 is 4.79 Å². The highest BCUT2D eigenvalue weighted by Gasteiger charge is 2.25. The molecule has 1 aromatic carbocycles. The molecule has 2 aromatic rings. The molecule has 1 amide bonds. The fourth-order valence-electron chi connectivity index (χ4n) is 4.00. The van der Waals surface area contributed by atoms with Crippen LogP contribution in [0.25, 0.3) is 5.57 Å². The smallest absolute Gasteiger partial charge is 0.228 e. The number of allylic oxidation sites excluding steroid dienone is 4. The van der Waals surface area contributed by atoms with E-state index in [1.54, 1.807) is 0 Å². The highest BCUT2D eigenvalue weighted by molar-refractivity contribution is 5.92. The number of hydrogen-bond donors (Lipinski definition) is 1. The monoisotopic (exact) mass is 387 g/mol. The summed E-state index contributed by atoms with van der Waals surface area (Å²) in [6.07, 6.45) is 11.0. The lowest BCUT2D eigenvalue weighted by atomic mass is 9.86. The second-order valence-electron chi connectivity index (χ2n) is 8.04. The molecule has 2 aliphatic carbocycles. The molecular formula is C25H29N3O. The number of nitrogens with one attached hydrogen (secondary N) is 1. The molecule has 1 atom stereocenters. The van der Waals surface area contributed by atoms with Crippen LogP contribution in [0.1, 0.15) is 62.2 Å². The summed E-state index contributed by atoms with van der Waals surface area (Å²) >= 11 is 0. The molecule has 0 fully saturated rings. The van der Waals surface area contributed by atoms with Crippen molar-refractivity contribution in [3.63, 3.8) is 0 Å². The minimum Gasteiger partial charge on any atom is -0.309 e. The maximum absolute atomic E-state index is 12.6. The first kappa shape index (κ1) is 19.6. The summed E-state index contributed by atoms with van der Waals surface area (Å²) in [6.45, 7) is 3.99. The van der Waals surface area contributed by atoms with Gasteiger partial charge in [-0.3, -0.25) is 4.79 Å². The highest BCUT2D eigenvalue weighted by Crippen LogP contribution is 2.36. The molecule has 0 aliphatic heterocycles. The van der Waals surface area contributed by atoms with E-state index in [4.69, 9.17) is 9.97 Å². The first-order chi connectivity index (χ1) is 14.2. The maximum Gasteiger partial charge on any atom is 0.228 e. The van der Waals surface area contributed by atoms with Crippen molar-refractivity contribution in [1.29, 1.82) is 0 Å². The third-order valence-corrected chi connectivity index (χ3v) is 6.02. The van der Waals surface area contributed by atoms with Crippen molar-refractivity contribution >= 4 is 17.3 Å². The first-order valence-corrected chi connectivity index (χ1v) is 10.8. The summed E-state index contributed by atoms with van der Waals surface area (Å²) in [6, 6.07) is 10.4. The Morgan fingerprint density at radius 1 is 1.10 bits per heavy atom. The van der Waals surface area contributed by atoms with Gasteiger partial charge in [0, 0.05) is 5.92 Å². The number of hydrogen-bond acceptors (Lipinski definition) is 3. The van der Waals surface area contributed by atoms with Crippen molar-refractivity contribution in [1.82, 2.24) is 9.97 Å². The normalized spacial score (nSPS) is 16.2. The van der Waals surface area contributed by atoms with E-state index >= 15 is 0 Å². The van der Waals surface area contributed by atoms with E-state index in [0.717, 1.165) is 62.0 Å². The van der Waals surface area contributed by atoms with Crippen LogP contribution < -0.4 is 5.32 Å². The van der Waals surface area contributed by atoms with E-state index in [0.29, 0.717) is 5.82 Å². The zero-order valence-electron chi connectivity index (χ0n) is 17.4. The molecule has 4 nitrogen and oxygen atoms in total. The van der Waals surface area contributed by atoms with E-state index in [-0.39, 0.29) is 11.8 Å². The number of amides is 1. The zero-order valence-corrected chi connectivity index (χ0v) is 17.4. The van der Waals surface area contributed by atoms with E-state index in [1.807, 2.05) is 19.9 Å². The van der Waals surface area contributed by atoms with Crippen LogP contribution in [0, 0.1) is 5.92 Å². The van der Waals surface area contributed by atoms with Gasteiger partial charge in [-0.15, -0.1) is 0 Å². The van der Waals surface area contributed by atoms with Gasteiger partial charge in [-0.05, 0) is 61.7 Å². The second kappa shape index (κ2) is 8.73. The number of benzene rings is 1. The molecule has 0 saturated carbocycles. The molecule has 150 valence electrons. The van der Waals surface area contributed by atoms with Gasteiger partial charge < -0.3 is 5.32 Å². The predicted octanol–water partition coefficient (Wildman–Crippen LogP) is 5.30. The molecule has 1 heterocycles. The van der Waals surface area contributed by atoms with Gasteiger partial charge in [0.1, 0.15) is 0 Å². The van der Waals surface area contributed by atoms with Crippen molar-refractivity contribution in [2.24, 2.45) is 5.92 Å². The average molecular weight is 388 g/mol. The Morgan fingerprint density at radius 2 is 1.93 bits per heavy atom. The van der Waals surface area contributed by atoms with Crippen LogP contribution in [0.2, 0.25) is 0 Å². The Labute approximate surface area is 173 Å². The van der Waals surface area contributed by atoms with Gasteiger partial charge in [0.25, 0.3) is 0 Å². The lowest BCUT2D eigenvalue weighted by Gasteiger charge is -2.24. The molecule has 1 unspecified atom stereocenters. The molecule has 1 aromatic heterocycles. The Bertz CT molecular complexity index is 960. The van der Waals surface area contributed by atoms with Gasteiger partial charge in [0.2, 0.25) is 5.91 Å². The molecule has 4 rings (SSSR count). The summed E-state index contributed by atoms with van der Waals surface area (Å²) in [7, 11) is 0. The van der Waals surface area contributed by atoms with Crippen molar-refractivity contribution in [2.45, 2.75) is 58.8 Å². The van der Waals surface area contributed by atoms with Crippen LogP contribution in [0.15, 0.2) is 48.1 Å². The second-order valence-corrected chi connectivity index (χ2v) is 8.04. The van der Waals surface area contributed by atoms with Gasteiger partial charge in [-0.2, -0.15) is 0 Å². The average Bonchev–Trinajstić information content (AvgIpc) is 2.77. The van der Waals surface area contributed by atoms with Crippen LogP contribution >= 0.6 is 0 Å². The molecule has 0 radical (unpaired) electrons. The molecule has 1 N–H and O–H groups in total. The zero-order chi connectivity index (χ0) is 20.2. The first-order valence-electron chi connectivity index (χ1n) is 10.8. The molecule has 0 saturated heterocycles. The third kappa shape index (κ3) is 4.31. The van der Waals surface area contributed by atoms with E-state index in [9.17, 15) is 4.79 Å². The van der Waals surface area contributed by atoms with Crippen molar-refractivity contribution in [3.8, 4) is 0 Å². The SMILES string of the molecule is CCC(C)C(=O)Nc1nc2c(nc1CCc1ccccc1)C1=C(C=CCC1)CC2. The van der Waals surface area contributed by atoms with Gasteiger partial charge >= 0.3 is 0 Å². The van der Waals surface area contributed by atoms with Gasteiger partial charge in [-0.1, -0.05) is 56.3 Å².